The molecule has 1 aliphatic rings. The first-order valence-corrected chi connectivity index (χ1v) is 8.05. The van der Waals surface area contributed by atoms with Gasteiger partial charge in [0.15, 0.2) is 5.82 Å². The van der Waals surface area contributed by atoms with Crippen molar-refractivity contribution in [3.63, 3.8) is 0 Å². The van der Waals surface area contributed by atoms with Gasteiger partial charge in [-0.3, -0.25) is 15.1 Å². The van der Waals surface area contributed by atoms with E-state index in [0.717, 1.165) is 46.0 Å². The molecule has 0 unspecified atom stereocenters. The highest BCUT2D eigenvalue weighted by Crippen LogP contribution is 2.37. The fraction of sp³-hybridized carbons (Fsp3) is 0.176. The summed E-state index contributed by atoms with van der Waals surface area (Å²) in [5.74, 6) is 0.692. The monoisotopic (exact) mass is 338 g/mol. The Bertz CT molecular complexity index is 959. The van der Waals surface area contributed by atoms with Gasteiger partial charge in [0.05, 0.1) is 22.1 Å². The lowest BCUT2D eigenvalue weighted by atomic mass is 10.0. The summed E-state index contributed by atoms with van der Waals surface area (Å²) >= 11 is 6.39. The Labute approximate surface area is 144 Å². The molecule has 7 heteroatoms. The Balaban J connectivity index is 2.01. The maximum Gasteiger partial charge on any atom is 0.178 e. The number of rotatable bonds is 2. The van der Waals surface area contributed by atoms with Crippen LogP contribution < -0.4 is 5.32 Å². The van der Waals surface area contributed by atoms with Crippen LogP contribution >= 0.6 is 11.6 Å². The van der Waals surface area contributed by atoms with Crippen LogP contribution in [-0.4, -0.2) is 25.9 Å². The van der Waals surface area contributed by atoms with Gasteiger partial charge in [0.1, 0.15) is 5.69 Å². The lowest BCUT2D eigenvalue weighted by Crippen LogP contribution is -2.08. The predicted molar refractivity (Wildman–Crippen MR) is 94.8 cm³/mol. The van der Waals surface area contributed by atoms with Crippen LogP contribution in [0.4, 0.5) is 17.2 Å². The molecule has 1 aliphatic heterocycles. The van der Waals surface area contributed by atoms with E-state index < -0.39 is 0 Å². The number of hydrogen-bond acceptors (Lipinski definition) is 5. The molecule has 0 atom stereocenters. The van der Waals surface area contributed by atoms with Crippen molar-refractivity contribution >= 4 is 34.5 Å². The SMILES string of the molecule is CCc1cc2c(cn1)C(c1cnccc1Cl)=Nc1c(n[nH]c1C)N2. The van der Waals surface area contributed by atoms with Crippen molar-refractivity contribution in [2.24, 2.45) is 4.99 Å². The molecule has 120 valence electrons. The summed E-state index contributed by atoms with van der Waals surface area (Å²) in [7, 11) is 0. The van der Waals surface area contributed by atoms with E-state index in [1.165, 1.54) is 0 Å². The van der Waals surface area contributed by atoms with Gasteiger partial charge in [0.2, 0.25) is 0 Å². The van der Waals surface area contributed by atoms with Gasteiger partial charge in [-0.1, -0.05) is 18.5 Å². The second-order valence-corrected chi connectivity index (χ2v) is 5.97. The third-order valence-electron chi connectivity index (χ3n) is 3.99. The van der Waals surface area contributed by atoms with Gasteiger partial charge in [0.25, 0.3) is 0 Å². The normalized spacial score (nSPS) is 12.7. The number of hydrogen-bond donors (Lipinski definition) is 2. The molecule has 24 heavy (non-hydrogen) atoms. The van der Waals surface area contributed by atoms with E-state index in [2.05, 4.69) is 32.4 Å². The number of H-pyrrole nitrogens is 1. The molecule has 4 heterocycles. The van der Waals surface area contributed by atoms with Crippen LogP contribution in [0.2, 0.25) is 5.02 Å². The highest BCUT2D eigenvalue weighted by molar-refractivity contribution is 6.36. The Hall–Kier alpha value is -2.73. The van der Waals surface area contributed by atoms with Crippen molar-refractivity contribution < 1.29 is 0 Å². The Morgan fingerprint density at radius 3 is 2.88 bits per heavy atom. The smallest absolute Gasteiger partial charge is 0.178 e. The molecule has 0 spiro atoms. The van der Waals surface area contributed by atoms with Crippen molar-refractivity contribution in [2.75, 3.05) is 5.32 Å². The number of nitrogens with one attached hydrogen (secondary N) is 2. The van der Waals surface area contributed by atoms with Crippen LogP contribution in [0.3, 0.4) is 0 Å². The summed E-state index contributed by atoms with van der Waals surface area (Å²) in [6, 6.07) is 3.78. The number of nitrogens with zero attached hydrogens (tertiary/aromatic N) is 4. The maximum absolute atomic E-state index is 6.39. The highest BCUT2D eigenvalue weighted by Gasteiger charge is 2.23. The van der Waals surface area contributed by atoms with Crippen molar-refractivity contribution in [1.82, 2.24) is 20.2 Å². The van der Waals surface area contributed by atoms with Gasteiger partial charge in [-0.2, -0.15) is 5.10 Å². The zero-order valence-corrected chi connectivity index (χ0v) is 14.0. The van der Waals surface area contributed by atoms with Gasteiger partial charge in [-0.25, -0.2) is 4.99 Å². The molecule has 4 rings (SSSR count). The minimum Gasteiger partial charge on any atom is -0.336 e. The first-order chi connectivity index (χ1) is 11.7. The maximum atomic E-state index is 6.39. The van der Waals surface area contributed by atoms with Crippen LogP contribution in [0, 0.1) is 6.92 Å². The minimum absolute atomic E-state index is 0.596. The lowest BCUT2D eigenvalue weighted by Gasteiger charge is -2.12. The molecule has 0 saturated heterocycles. The summed E-state index contributed by atoms with van der Waals surface area (Å²) in [4.78, 5) is 13.5. The molecule has 0 bridgehead atoms. The second-order valence-electron chi connectivity index (χ2n) is 5.56. The average Bonchev–Trinajstić information content (AvgIpc) is 2.85. The second kappa shape index (κ2) is 5.72. The van der Waals surface area contributed by atoms with Crippen LogP contribution in [0.15, 0.2) is 35.7 Å². The Kier molecular flexibility index (Phi) is 3.54. The van der Waals surface area contributed by atoms with Crippen molar-refractivity contribution in [2.45, 2.75) is 20.3 Å². The molecular formula is C17H15ClN6. The topological polar surface area (TPSA) is 78.8 Å². The molecular weight excluding hydrogens is 324 g/mol. The van der Waals surface area contributed by atoms with E-state index in [4.69, 9.17) is 16.6 Å². The Morgan fingerprint density at radius 2 is 2.08 bits per heavy atom. The number of aromatic amines is 1. The van der Waals surface area contributed by atoms with E-state index >= 15 is 0 Å². The third kappa shape index (κ3) is 2.35. The van der Waals surface area contributed by atoms with Crippen LogP contribution in [0.1, 0.15) is 29.4 Å². The van der Waals surface area contributed by atoms with Gasteiger partial charge in [-0.05, 0) is 25.5 Å². The standard InChI is InChI=1S/C17H15ClN6/c1-3-10-6-14-12(8-20-10)16(11-7-19-5-4-13(11)18)22-15-9(2)23-24-17(15)21-14/h4-8H,3H2,1-2H3,(H2,21,23,24). The molecule has 3 aromatic heterocycles. The minimum atomic E-state index is 0.596. The van der Waals surface area contributed by atoms with E-state index in [9.17, 15) is 0 Å². The van der Waals surface area contributed by atoms with Gasteiger partial charge in [-0.15, -0.1) is 0 Å². The van der Waals surface area contributed by atoms with Crippen molar-refractivity contribution in [3.05, 3.63) is 58.3 Å². The zero-order valence-electron chi connectivity index (χ0n) is 13.3. The van der Waals surface area contributed by atoms with Crippen LogP contribution in [0.5, 0.6) is 0 Å². The molecule has 0 aromatic carbocycles. The summed E-state index contributed by atoms with van der Waals surface area (Å²) in [6.07, 6.45) is 6.06. The van der Waals surface area contributed by atoms with Crippen molar-refractivity contribution in [3.8, 4) is 0 Å². The highest BCUT2D eigenvalue weighted by atomic mass is 35.5. The number of fused-ring (bicyclic) bond motifs is 2. The van der Waals surface area contributed by atoms with Crippen LogP contribution in [0.25, 0.3) is 0 Å². The zero-order chi connectivity index (χ0) is 16.7. The quantitative estimate of drug-likeness (QED) is 0.580. The number of aromatic nitrogens is 4. The Morgan fingerprint density at radius 1 is 1.21 bits per heavy atom. The van der Waals surface area contributed by atoms with E-state index in [1.807, 2.05) is 19.2 Å². The van der Waals surface area contributed by atoms with Crippen molar-refractivity contribution in [1.29, 1.82) is 0 Å². The summed E-state index contributed by atoms with van der Waals surface area (Å²) in [5.41, 5.74) is 5.92. The largest absolute Gasteiger partial charge is 0.336 e. The molecule has 0 saturated carbocycles. The number of aliphatic imine (C=N–C) groups is 1. The predicted octanol–water partition coefficient (Wildman–Crippen LogP) is 3.95. The van der Waals surface area contributed by atoms with Crippen LogP contribution in [-0.2, 0) is 6.42 Å². The third-order valence-corrected chi connectivity index (χ3v) is 4.32. The molecule has 6 nitrogen and oxygen atoms in total. The van der Waals surface area contributed by atoms with Gasteiger partial charge >= 0.3 is 0 Å². The first-order valence-electron chi connectivity index (χ1n) is 7.67. The van der Waals surface area contributed by atoms with E-state index in [0.29, 0.717) is 10.8 Å². The summed E-state index contributed by atoms with van der Waals surface area (Å²) < 4.78 is 0. The number of halogens is 1. The molecule has 0 aliphatic carbocycles. The fourth-order valence-electron chi connectivity index (χ4n) is 2.69. The number of anilines is 2. The lowest BCUT2D eigenvalue weighted by molar-refractivity contribution is 1.03. The van der Waals surface area contributed by atoms with E-state index in [1.54, 1.807) is 18.5 Å². The molecule has 0 radical (unpaired) electrons. The number of pyridine rings is 2. The summed E-state index contributed by atoms with van der Waals surface area (Å²) in [6.45, 7) is 4.01. The molecule has 0 fully saturated rings. The first kappa shape index (κ1) is 14.8. The number of aryl methyl sites for hydroxylation is 2. The van der Waals surface area contributed by atoms with Gasteiger partial charge in [0, 0.05) is 35.4 Å². The molecule has 3 aromatic rings. The van der Waals surface area contributed by atoms with E-state index in [-0.39, 0.29) is 0 Å². The summed E-state index contributed by atoms with van der Waals surface area (Å²) in [5, 5.41) is 11.2. The van der Waals surface area contributed by atoms with Gasteiger partial charge < -0.3 is 5.32 Å². The molecule has 0 amide bonds. The fourth-order valence-corrected chi connectivity index (χ4v) is 2.88. The molecule has 2 N–H and O–H groups in total. The average molecular weight is 339 g/mol.